The van der Waals surface area contributed by atoms with Crippen LogP contribution in [0.2, 0.25) is 0 Å². The third-order valence-corrected chi connectivity index (χ3v) is 3.38. The molecule has 5 nitrogen and oxygen atoms in total. The van der Waals surface area contributed by atoms with Crippen LogP contribution >= 0.6 is 27.5 Å². The summed E-state index contributed by atoms with van der Waals surface area (Å²) in [6.07, 6.45) is 3.44. The monoisotopic (exact) mass is 344 g/mol. The van der Waals surface area contributed by atoms with Gasteiger partial charge in [-0.05, 0) is 28.4 Å². The van der Waals surface area contributed by atoms with Gasteiger partial charge < -0.3 is 10.3 Å². The van der Waals surface area contributed by atoms with Crippen LogP contribution in [0.3, 0.4) is 0 Å². The molecule has 7 heteroatoms. The van der Waals surface area contributed by atoms with Crippen molar-refractivity contribution >= 4 is 44.6 Å². The topological polar surface area (TPSA) is 73.8 Å². The Hall–Kier alpha value is -1.14. The Morgan fingerprint density at radius 3 is 3.00 bits per heavy atom. The molecular formula is C12H14BrClN4O. The smallest absolute Gasteiger partial charge is 0.217 e. The predicted octanol–water partition coefficient (Wildman–Crippen LogP) is 2.24. The number of halogens is 2. The standard InChI is InChI=1S/C12H14BrClN4O/c13-8-6-9-12(16-7-8)18(5-1-2-10(15)19)11(17-9)3-4-14/h6-7H,1-5H2,(H2,15,19). The first-order valence-electron chi connectivity index (χ1n) is 5.96. The van der Waals surface area contributed by atoms with Gasteiger partial charge in [0.2, 0.25) is 5.91 Å². The first-order valence-corrected chi connectivity index (χ1v) is 7.29. The Morgan fingerprint density at radius 2 is 2.32 bits per heavy atom. The first kappa shape index (κ1) is 14.3. The van der Waals surface area contributed by atoms with Crippen LogP contribution in [-0.2, 0) is 17.8 Å². The molecular weight excluding hydrogens is 332 g/mol. The van der Waals surface area contributed by atoms with Gasteiger partial charge in [0.25, 0.3) is 0 Å². The fourth-order valence-corrected chi connectivity index (χ4v) is 2.44. The zero-order chi connectivity index (χ0) is 13.8. The fraction of sp³-hybridized carbons (Fsp3) is 0.417. The van der Waals surface area contributed by atoms with Crippen LogP contribution < -0.4 is 5.73 Å². The number of imidazole rings is 1. The Morgan fingerprint density at radius 1 is 1.53 bits per heavy atom. The van der Waals surface area contributed by atoms with Crippen molar-refractivity contribution in [3.05, 3.63) is 22.6 Å². The number of carbonyl (C=O) groups excluding carboxylic acids is 1. The summed E-state index contributed by atoms with van der Waals surface area (Å²) < 4.78 is 2.90. The summed E-state index contributed by atoms with van der Waals surface area (Å²) >= 11 is 9.17. The maximum Gasteiger partial charge on any atom is 0.217 e. The molecule has 0 bridgehead atoms. The lowest BCUT2D eigenvalue weighted by Gasteiger charge is -2.06. The highest BCUT2D eigenvalue weighted by atomic mass is 79.9. The second-order valence-corrected chi connectivity index (χ2v) is 5.48. The lowest BCUT2D eigenvalue weighted by molar-refractivity contribution is -0.118. The fourth-order valence-electron chi connectivity index (χ4n) is 1.95. The maximum absolute atomic E-state index is 10.8. The third-order valence-electron chi connectivity index (χ3n) is 2.75. The van der Waals surface area contributed by atoms with Crippen LogP contribution in [0, 0.1) is 0 Å². The predicted molar refractivity (Wildman–Crippen MR) is 78.1 cm³/mol. The van der Waals surface area contributed by atoms with E-state index in [0.29, 0.717) is 31.7 Å². The Balaban J connectivity index is 2.31. The molecule has 0 aliphatic rings. The van der Waals surface area contributed by atoms with Crippen molar-refractivity contribution in [2.24, 2.45) is 5.73 Å². The van der Waals surface area contributed by atoms with Gasteiger partial charge in [0.15, 0.2) is 5.65 Å². The van der Waals surface area contributed by atoms with E-state index in [1.54, 1.807) is 6.20 Å². The van der Waals surface area contributed by atoms with E-state index in [-0.39, 0.29) is 5.91 Å². The zero-order valence-corrected chi connectivity index (χ0v) is 12.6. The van der Waals surface area contributed by atoms with Gasteiger partial charge in [-0.1, -0.05) is 0 Å². The average molecular weight is 346 g/mol. The summed E-state index contributed by atoms with van der Waals surface area (Å²) in [5.41, 5.74) is 6.79. The SMILES string of the molecule is NC(=O)CCCn1c(CCCl)nc2cc(Br)cnc21. The molecule has 2 aromatic heterocycles. The summed E-state index contributed by atoms with van der Waals surface area (Å²) in [4.78, 5) is 19.7. The van der Waals surface area contributed by atoms with E-state index in [2.05, 4.69) is 25.9 Å². The number of aromatic nitrogens is 3. The summed E-state index contributed by atoms with van der Waals surface area (Å²) in [7, 11) is 0. The second-order valence-electron chi connectivity index (χ2n) is 4.18. The second kappa shape index (κ2) is 6.34. The number of amides is 1. The normalized spacial score (nSPS) is 11.1. The van der Waals surface area contributed by atoms with Crippen LogP contribution in [0.5, 0.6) is 0 Å². The van der Waals surface area contributed by atoms with Gasteiger partial charge in [-0.15, -0.1) is 11.6 Å². The van der Waals surface area contributed by atoms with Gasteiger partial charge in [-0.3, -0.25) is 4.79 Å². The molecule has 0 aliphatic carbocycles. The molecule has 0 aliphatic heterocycles. The Kier molecular flexibility index (Phi) is 4.76. The molecule has 0 radical (unpaired) electrons. The van der Waals surface area contributed by atoms with Crippen molar-refractivity contribution in [3.63, 3.8) is 0 Å². The van der Waals surface area contributed by atoms with E-state index < -0.39 is 0 Å². The third kappa shape index (κ3) is 3.45. The van der Waals surface area contributed by atoms with E-state index in [9.17, 15) is 4.79 Å². The van der Waals surface area contributed by atoms with Gasteiger partial charge in [-0.25, -0.2) is 9.97 Å². The summed E-state index contributed by atoms with van der Waals surface area (Å²) in [5.74, 6) is 1.10. The number of rotatable bonds is 6. The minimum Gasteiger partial charge on any atom is -0.370 e. The van der Waals surface area contributed by atoms with E-state index in [1.807, 2.05) is 10.6 Å². The number of pyridine rings is 1. The molecule has 102 valence electrons. The summed E-state index contributed by atoms with van der Waals surface area (Å²) in [5, 5.41) is 0. The molecule has 1 amide bonds. The number of aryl methyl sites for hydroxylation is 2. The molecule has 0 spiro atoms. The van der Waals surface area contributed by atoms with Crippen molar-refractivity contribution in [2.45, 2.75) is 25.8 Å². The average Bonchev–Trinajstić information content (AvgIpc) is 2.66. The van der Waals surface area contributed by atoms with E-state index in [4.69, 9.17) is 17.3 Å². The van der Waals surface area contributed by atoms with E-state index in [0.717, 1.165) is 21.5 Å². The molecule has 0 aromatic carbocycles. The van der Waals surface area contributed by atoms with Crippen LogP contribution in [0.1, 0.15) is 18.7 Å². The molecule has 0 unspecified atom stereocenters. The number of nitrogens with zero attached hydrogens (tertiary/aromatic N) is 3. The minimum atomic E-state index is -0.293. The Bertz CT molecular complexity index is 599. The number of nitrogens with two attached hydrogens (primary N) is 1. The number of fused-ring (bicyclic) bond motifs is 1. The molecule has 2 aromatic rings. The van der Waals surface area contributed by atoms with Gasteiger partial charge in [-0.2, -0.15) is 0 Å². The molecule has 2 N–H and O–H groups in total. The highest BCUT2D eigenvalue weighted by molar-refractivity contribution is 9.10. The zero-order valence-electron chi connectivity index (χ0n) is 10.3. The van der Waals surface area contributed by atoms with Crippen LogP contribution in [0.15, 0.2) is 16.7 Å². The lowest BCUT2D eigenvalue weighted by Crippen LogP contribution is -2.12. The van der Waals surface area contributed by atoms with Crippen LogP contribution in [0.25, 0.3) is 11.2 Å². The molecule has 2 rings (SSSR count). The summed E-state index contributed by atoms with van der Waals surface area (Å²) in [6, 6.07) is 1.92. The van der Waals surface area contributed by atoms with Crippen molar-refractivity contribution < 1.29 is 4.79 Å². The summed E-state index contributed by atoms with van der Waals surface area (Å²) in [6.45, 7) is 0.667. The number of carbonyl (C=O) groups is 1. The van der Waals surface area contributed by atoms with E-state index >= 15 is 0 Å². The molecule has 0 atom stereocenters. The molecule has 0 fully saturated rings. The van der Waals surface area contributed by atoms with Crippen molar-refractivity contribution in [1.82, 2.24) is 14.5 Å². The number of hydrogen-bond donors (Lipinski definition) is 1. The number of alkyl halides is 1. The molecule has 0 saturated carbocycles. The van der Waals surface area contributed by atoms with E-state index in [1.165, 1.54) is 0 Å². The van der Waals surface area contributed by atoms with Gasteiger partial charge >= 0.3 is 0 Å². The van der Waals surface area contributed by atoms with Crippen LogP contribution in [0.4, 0.5) is 0 Å². The van der Waals surface area contributed by atoms with Gasteiger partial charge in [0, 0.05) is 35.9 Å². The largest absolute Gasteiger partial charge is 0.370 e. The molecule has 19 heavy (non-hydrogen) atoms. The minimum absolute atomic E-state index is 0.293. The highest BCUT2D eigenvalue weighted by Gasteiger charge is 2.12. The van der Waals surface area contributed by atoms with Crippen molar-refractivity contribution in [3.8, 4) is 0 Å². The lowest BCUT2D eigenvalue weighted by atomic mass is 10.3. The van der Waals surface area contributed by atoms with Gasteiger partial charge in [0.1, 0.15) is 11.3 Å². The van der Waals surface area contributed by atoms with Crippen LogP contribution in [-0.4, -0.2) is 26.3 Å². The maximum atomic E-state index is 10.8. The van der Waals surface area contributed by atoms with Gasteiger partial charge in [0.05, 0.1) is 0 Å². The molecule has 2 heterocycles. The molecule has 0 saturated heterocycles. The van der Waals surface area contributed by atoms with Crippen molar-refractivity contribution in [1.29, 1.82) is 0 Å². The first-order chi connectivity index (χ1) is 9.11. The van der Waals surface area contributed by atoms with Crippen molar-refractivity contribution in [2.75, 3.05) is 5.88 Å². The Labute approximate surface area is 124 Å². The number of primary amides is 1. The quantitative estimate of drug-likeness (QED) is 0.816. The number of hydrogen-bond acceptors (Lipinski definition) is 3. The highest BCUT2D eigenvalue weighted by Crippen LogP contribution is 2.19.